The Morgan fingerprint density at radius 1 is 1.55 bits per heavy atom. The van der Waals surface area contributed by atoms with Crippen molar-refractivity contribution in [2.24, 2.45) is 5.92 Å². The van der Waals surface area contributed by atoms with Crippen LogP contribution in [0.15, 0.2) is 24.4 Å². The lowest BCUT2D eigenvalue weighted by Crippen LogP contribution is -2.24. The first-order valence-electron chi connectivity index (χ1n) is 6.50. The normalized spacial score (nSPS) is 18.9. The van der Waals surface area contributed by atoms with E-state index in [0.717, 1.165) is 16.6 Å². The molecule has 0 saturated carbocycles. The van der Waals surface area contributed by atoms with Crippen molar-refractivity contribution in [3.8, 4) is 0 Å². The molecule has 3 rings (SSSR count). The summed E-state index contributed by atoms with van der Waals surface area (Å²) in [5.74, 6) is 1.09. The van der Waals surface area contributed by atoms with Crippen molar-refractivity contribution in [2.75, 3.05) is 17.2 Å². The Morgan fingerprint density at radius 3 is 3.20 bits per heavy atom. The van der Waals surface area contributed by atoms with Gasteiger partial charge in [0.05, 0.1) is 11.7 Å². The Morgan fingerprint density at radius 2 is 2.40 bits per heavy atom. The Bertz CT molecular complexity index is 667. The van der Waals surface area contributed by atoms with Crippen LogP contribution in [-0.4, -0.2) is 33.5 Å². The lowest BCUT2D eigenvalue weighted by Gasteiger charge is -2.16. The van der Waals surface area contributed by atoms with Crippen molar-refractivity contribution >= 4 is 39.4 Å². The SMILES string of the molecule is CC(=O)SCC1CC(=O)N(c2ccc3[nH]ncc3c2)C1. The van der Waals surface area contributed by atoms with Crippen molar-refractivity contribution < 1.29 is 9.59 Å². The standard InChI is InChI=1S/C14H15N3O2S/c1-9(18)20-8-10-4-14(19)17(7-10)12-2-3-13-11(5-12)6-15-16-13/h2-3,5-6,10H,4,7-8H2,1H3,(H,15,16). The number of carbonyl (C=O) groups excluding carboxylic acids is 2. The molecule has 104 valence electrons. The molecule has 20 heavy (non-hydrogen) atoms. The summed E-state index contributed by atoms with van der Waals surface area (Å²) in [4.78, 5) is 24.9. The zero-order chi connectivity index (χ0) is 14.1. The number of fused-ring (bicyclic) bond motifs is 1. The molecule has 1 saturated heterocycles. The zero-order valence-electron chi connectivity index (χ0n) is 11.1. The largest absolute Gasteiger partial charge is 0.312 e. The van der Waals surface area contributed by atoms with Crippen LogP contribution < -0.4 is 4.90 Å². The van der Waals surface area contributed by atoms with Crippen LogP contribution in [0.3, 0.4) is 0 Å². The molecule has 1 unspecified atom stereocenters. The molecule has 1 fully saturated rings. The van der Waals surface area contributed by atoms with Gasteiger partial charge in [-0.3, -0.25) is 14.7 Å². The Balaban J connectivity index is 1.76. The molecule has 5 nitrogen and oxygen atoms in total. The van der Waals surface area contributed by atoms with Gasteiger partial charge in [0, 0.05) is 36.7 Å². The van der Waals surface area contributed by atoms with E-state index in [0.29, 0.717) is 18.7 Å². The van der Waals surface area contributed by atoms with Crippen LogP contribution in [0.2, 0.25) is 0 Å². The number of anilines is 1. The van der Waals surface area contributed by atoms with Crippen LogP contribution in [0.4, 0.5) is 5.69 Å². The third kappa shape index (κ3) is 2.56. The summed E-state index contributed by atoms with van der Waals surface area (Å²) >= 11 is 1.30. The van der Waals surface area contributed by atoms with Gasteiger partial charge in [0.1, 0.15) is 0 Å². The van der Waals surface area contributed by atoms with E-state index >= 15 is 0 Å². The molecule has 0 radical (unpaired) electrons. The number of benzene rings is 1. The van der Waals surface area contributed by atoms with E-state index in [2.05, 4.69) is 10.2 Å². The lowest BCUT2D eigenvalue weighted by atomic mass is 10.1. The number of H-pyrrole nitrogens is 1. The van der Waals surface area contributed by atoms with Gasteiger partial charge in [-0.1, -0.05) is 11.8 Å². The van der Waals surface area contributed by atoms with Gasteiger partial charge in [0.15, 0.2) is 5.12 Å². The number of carbonyl (C=O) groups is 2. The van der Waals surface area contributed by atoms with Gasteiger partial charge in [-0.05, 0) is 24.1 Å². The van der Waals surface area contributed by atoms with E-state index in [1.807, 2.05) is 18.2 Å². The fourth-order valence-corrected chi connectivity index (χ4v) is 3.17. The van der Waals surface area contributed by atoms with E-state index in [9.17, 15) is 9.59 Å². The highest BCUT2D eigenvalue weighted by molar-refractivity contribution is 8.13. The molecular formula is C14H15N3O2S. The first kappa shape index (κ1) is 13.2. The molecule has 2 heterocycles. The number of amides is 1. The Labute approximate surface area is 120 Å². The maximum Gasteiger partial charge on any atom is 0.227 e. The number of rotatable bonds is 3. The fourth-order valence-electron chi connectivity index (χ4n) is 2.48. The first-order valence-corrected chi connectivity index (χ1v) is 7.49. The second-order valence-electron chi connectivity index (χ2n) is 5.02. The Kier molecular flexibility index (Phi) is 3.48. The molecule has 1 aliphatic heterocycles. The summed E-state index contributed by atoms with van der Waals surface area (Å²) in [6.07, 6.45) is 2.27. The first-order chi connectivity index (χ1) is 9.63. The van der Waals surface area contributed by atoms with Crippen LogP contribution in [0.5, 0.6) is 0 Å². The molecule has 0 aliphatic carbocycles. The molecule has 1 aliphatic rings. The smallest absolute Gasteiger partial charge is 0.227 e. The predicted octanol–water partition coefficient (Wildman–Crippen LogP) is 2.20. The fraction of sp³-hybridized carbons (Fsp3) is 0.357. The molecule has 1 aromatic carbocycles. The number of hydrogen-bond donors (Lipinski definition) is 1. The molecular weight excluding hydrogens is 274 g/mol. The van der Waals surface area contributed by atoms with Gasteiger partial charge in [0.25, 0.3) is 0 Å². The summed E-state index contributed by atoms with van der Waals surface area (Å²) in [6, 6.07) is 5.83. The molecule has 0 bridgehead atoms. The minimum absolute atomic E-state index is 0.107. The van der Waals surface area contributed by atoms with E-state index in [1.54, 1.807) is 18.0 Å². The third-order valence-corrected chi connectivity index (χ3v) is 4.51. The maximum absolute atomic E-state index is 12.1. The van der Waals surface area contributed by atoms with Crippen LogP contribution in [0.25, 0.3) is 10.9 Å². The van der Waals surface area contributed by atoms with Gasteiger partial charge in [-0.2, -0.15) is 5.10 Å². The average molecular weight is 289 g/mol. The van der Waals surface area contributed by atoms with Crippen LogP contribution >= 0.6 is 11.8 Å². The predicted molar refractivity (Wildman–Crippen MR) is 79.7 cm³/mol. The molecule has 6 heteroatoms. The van der Waals surface area contributed by atoms with Gasteiger partial charge in [-0.25, -0.2) is 0 Å². The summed E-state index contributed by atoms with van der Waals surface area (Å²) in [7, 11) is 0. The van der Waals surface area contributed by atoms with E-state index < -0.39 is 0 Å². The van der Waals surface area contributed by atoms with Gasteiger partial charge in [0.2, 0.25) is 5.91 Å². The zero-order valence-corrected chi connectivity index (χ0v) is 11.9. The van der Waals surface area contributed by atoms with E-state index in [4.69, 9.17) is 0 Å². The second-order valence-corrected chi connectivity index (χ2v) is 6.22. The minimum atomic E-state index is 0.107. The number of aromatic amines is 1. The minimum Gasteiger partial charge on any atom is -0.312 e. The highest BCUT2D eigenvalue weighted by Gasteiger charge is 2.30. The maximum atomic E-state index is 12.1. The average Bonchev–Trinajstić information content (AvgIpc) is 3.01. The molecule has 1 atom stereocenters. The van der Waals surface area contributed by atoms with Crippen LogP contribution in [0.1, 0.15) is 13.3 Å². The highest BCUT2D eigenvalue weighted by Crippen LogP contribution is 2.29. The number of thioether (sulfide) groups is 1. The number of hydrogen-bond acceptors (Lipinski definition) is 4. The molecule has 1 aromatic heterocycles. The summed E-state index contributed by atoms with van der Waals surface area (Å²) < 4.78 is 0. The molecule has 1 N–H and O–H groups in total. The van der Waals surface area contributed by atoms with Crippen molar-refractivity contribution in [3.05, 3.63) is 24.4 Å². The quantitative estimate of drug-likeness (QED) is 0.940. The van der Waals surface area contributed by atoms with Crippen molar-refractivity contribution in [1.82, 2.24) is 10.2 Å². The summed E-state index contributed by atoms with van der Waals surface area (Å²) in [6.45, 7) is 2.24. The summed E-state index contributed by atoms with van der Waals surface area (Å²) in [5, 5.41) is 7.98. The summed E-state index contributed by atoms with van der Waals surface area (Å²) in [5.41, 5.74) is 1.86. The third-order valence-electron chi connectivity index (χ3n) is 3.46. The van der Waals surface area contributed by atoms with Gasteiger partial charge < -0.3 is 4.90 Å². The van der Waals surface area contributed by atoms with Gasteiger partial charge >= 0.3 is 0 Å². The highest BCUT2D eigenvalue weighted by atomic mass is 32.2. The Hall–Kier alpha value is -1.82. The monoisotopic (exact) mass is 289 g/mol. The van der Waals surface area contributed by atoms with Crippen molar-refractivity contribution in [1.29, 1.82) is 0 Å². The molecule has 0 spiro atoms. The van der Waals surface area contributed by atoms with Gasteiger partial charge in [-0.15, -0.1) is 0 Å². The van der Waals surface area contributed by atoms with Crippen LogP contribution in [-0.2, 0) is 9.59 Å². The molecule has 1 amide bonds. The lowest BCUT2D eigenvalue weighted by molar-refractivity contribution is -0.117. The van der Waals surface area contributed by atoms with Crippen molar-refractivity contribution in [3.63, 3.8) is 0 Å². The van der Waals surface area contributed by atoms with E-state index in [-0.39, 0.29) is 16.9 Å². The number of nitrogens with zero attached hydrogens (tertiary/aromatic N) is 2. The second kappa shape index (κ2) is 5.28. The number of aromatic nitrogens is 2. The van der Waals surface area contributed by atoms with Crippen molar-refractivity contribution in [2.45, 2.75) is 13.3 Å². The van der Waals surface area contributed by atoms with Crippen LogP contribution in [0, 0.1) is 5.92 Å². The molecule has 2 aromatic rings. The number of nitrogens with one attached hydrogen (secondary N) is 1. The van der Waals surface area contributed by atoms with E-state index in [1.165, 1.54) is 11.8 Å². The topological polar surface area (TPSA) is 66.1 Å².